The van der Waals surface area contributed by atoms with E-state index in [4.69, 9.17) is 16.6 Å². The molecule has 2 aromatic heterocycles. The number of fused-ring (bicyclic) bond motifs is 3. The van der Waals surface area contributed by atoms with Crippen LogP contribution in [0.15, 0.2) is 54.7 Å². The first kappa shape index (κ1) is 22.2. The van der Waals surface area contributed by atoms with E-state index in [0.717, 1.165) is 11.3 Å². The predicted molar refractivity (Wildman–Crippen MR) is 121 cm³/mol. The van der Waals surface area contributed by atoms with E-state index in [1.165, 1.54) is 24.3 Å². The molecule has 0 saturated heterocycles. The number of ether oxygens (including phenoxy) is 1. The number of nitrogens with zero attached hydrogens (tertiary/aromatic N) is 4. The third kappa shape index (κ3) is 4.55. The van der Waals surface area contributed by atoms with Crippen LogP contribution in [0.3, 0.4) is 0 Å². The summed E-state index contributed by atoms with van der Waals surface area (Å²) in [6.45, 7) is 0.403. The fourth-order valence-corrected chi connectivity index (χ4v) is 4.11. The van der Waals surface area contributed by atoms with Gasteiger partial charge < -0.3 is 19.7 Å². The normalized spacial score (nSPS) is 15.7. The topological polar surface area (TPSA) is 102 Å². The molecule has 0 saturated carbocycles. The van der Waals surface area contributed by atoms with Crippen LogP contribution < -0.4 is 10.1 Å². The van der Waals surface area contributed by atoms with Crippen LogP contribution in [0.2, 0.25) is 0 Å². The lowest BCUT2D eigenvalue weighted by Gasteiger charge is -2.20. The van der Waals surface area contributed by atoms with Crippen LogP contribution in [0.25, 0.3) is 22.3 Å². The lowest BCUT2D eigenvalue weighted by Crippen LogP contribution is -2.24. The molecule has 8 nitrogen and oxygen atoms in total. The molecule has 0 fully saturated rings. The maximum atomic E-state index is 13.1. The molecule has 1 atom stereocenters. The summed E-state index contributed by atoms with van der Waals surface area (Å²) in [6, 6.07) is 12.3. The Labute approximate surface area is 197 Å². The Balaban J connectivity index is 1.51. The summed E-state index contributed by atoms with van der Waals surface area (Å²) in [6.07, 6.45) is 2.31. The van der Waals surface area contributed by atoms with E-state index >= 15 is 0 Å². The van der Waals surface area contributed by atoms with Crippen molar-refractivity contribution in [2.24, 2.45) is 0 Å². The van der Waals surface area contributed by atoms with Crippen molar-refractivity contribution in [3.05, 3.63) is 66.1 Å². The summed E-state index contributed by atoms with van der Waals surface area (Å²) in [5, 5.41) is 21.1. The smallest absolute Gasteiger partial charge is 0.420 e. The van der Waals surface area contributed by atoms with Crippen molar-refractivity contribution < 1.29 is 23.4 Å². The highest BCUT2D eigenvalue weighted by Gasteiger charge is 2.27. The first-order chi connectivity index (χ1) is 16.3. The molecule has 11 heteroatoms. The molecule has 0 radical (unpaired) electrons. The fraction of sp³-hybridized carbons (Fsp3) is 0.217. The Kier molecular flexibility index (Phi) is 5.62. The zero-order valence-electron chi connectivity index (χ0n) is 17.6. The molecule has 0 aliphatic carbocycles. The van der Waals surface area contributed by atoms with Crippen LogP contribution in [0.5, 0.6) is 5.75 Å². The summed E-state index contributed by atoms with van der Waals surface area (Å²) in [5.41, 5.74) is -0.512. The zero-order chi connectivity index (χ0) is 23.9. The molecule has 0 spiro atoms. The summed E-state index contributed by atoms with van der Waals surface area (Å²) in [5.74, 6) is 0.263. The number of aryl methyl sites for hydroxylation is 1. The number of aromatic nitrogens is 4. The van der Waals surface area contributed by atoms with Crippen molar-refractivity contribution in [2.45, 2.75) is 31.1 Å². The Morgan fingerprint density at radius 2 is 2.03 bits per heavy atom. The van der Waals surface area contributed by atoms with E-state index in [-0.39, 0.29) is 5.75 Å². The summed E-state index contributed by atoms with van der Waals surface area (Å²) in [7, 11) is 0. The Hall–Kier alpha value is -3.63. The Bertz CT molecular complexity index is 1360. The van der Waals surface area contributed by atoms with E-state index in [0.29, 0.717) is 47.4 Å². The number of rotatable bonds is 5. The molecule has 1 aliphatic heterocycles. The number of hydrogen-bond acceptors (Lipinski definition) is 6. The van der Waals surface area contributed by atoms with Crippen LogP contribution in [-0.4, -0.2) is 42.4 Å². The third-order valence-electron chi connectivity index (χ3n) is 5.47. The monoisotopic (exact) mass is 485 g/mol. The van der Waals surface area contributed by atoms with Gasteiger partial charge in [-0.3, -0.25) is 4.79 Å². The van der Waals surface area contributed by atoms with E-state index in [1.807, 2.05) is 4.57 Å². The number of aliphatic hydroxyl groups is 1. The summed E-state index contributed by atoms with van der Waals surface area (Å²) >= 11 is 4.77. The quantitative estimate of drug-likeness (QED) is 0.410. The summed E-state index contributed by atoms with van der Waals surface area (Å²) in [4.78, 5) is 17.7. The highest BCUT2D eigenvalue weighted by atomic mass is 35.5. The number of benzene rings is 2. The summed E-state index contributed by atoms with van der Waals surface area (Å²) < 4.78 is 31.8. The SMILES string of the molecule is O=C(Nc1ccc(OC(F)(F)Cl)cc1)c1cc(-c2cccnn2)c2c(c1)nc1n2C[C@@H](O)CC1. The number of anilines is 1. The molecular weight excluding hydrogens is 468 g/mol. The first-order valence-electron chi connectivity index (χ1n) is 10.4. The van der Waals surface area contributed by atoms with E-state index < -0.39 is 17.6 Å². The first-order valence-corrected chi connectivity index (χ1v) is 10.8. The van der Waals surface area contributed by atoms with Gasteiger partial charge in [0, 0.05) is 41.0 Å². The highest BCUT2D eigenvalue weighted by molar-refractivity contribution is 6.20. The number of nitrogens with one attached hydrogen (secondary N) is 1. The maximum absolute atomic E-state index is 13.1. The van der Waals surface area contributed by atoms with Crippen LogP contribution in [-0.2, 0) is 13.0 Å². The predicted octanol–water partition coefficient (Wildman–Crippen LogP) is 4.22. The minimum absolute atomic E-state index is 0.143. The Morgan fingerprint density at radius 3 is 2.74 bits per heavy atom. The van der Waals surface area contributed by atoms with Gasteiger partial charge in [0.15, 0.2) is 0 Å². The minimum atomic E-state index is -3.82. The molecular formula is C23H18ClF2N5O3. The number of alkyl halides is 3. The standard InChI is InChI=1S/C23H18ClF2N5O3/c24-23(25,26)34-16-6-3-14(4-7-16)28-22(33)13-10-17(18-2-1-9-27-30-18)21-19(11-13)29-20-8-5-15(32)12-31(20)21/h1-4,6-7,9-11,15,32H,5,8,12H2,(H,28,33)/t15-/m0/s1. The molecule has 0 bridgehead atoms. The molecule has 2 aromatic carbocycles. The molecule has 1 aliphatic rings. The largest absolute Gasteiger partial charge is 0.487 e. The molecule has 5 rings (SSSR count). The number of carbonyl (C=O) groups excluding carboxylic acids is 1. The molecule has 174 valence electrons. The van der Waals surface area contributed by atoms with Crippen LogP contribution in [0.4, 0.5) is 14.5 Å². The number of imidazole rings is 1. The van der Waals surface area contributed by atoms with Gasteiger partial charge in [-0.15, -0.1) is 8.78 Å². The Morgan fingerprint density at radius 1 is 1.24 bits per heavy atom. The highest BCUT2D eigenvalue weighted by Crippen LogP contribution is 2.33. The molecule has 34 heavy (non-hydrogen) atoms. The van der Waals surface area contributed by atoms with Gasteiger partial charge in [-0.1, -0.05) is 0 Å². The number of halogens is 3. The number of carbonyl (C=O) groups is 1. The number of aliphatic hydroxyl groups excluding tert-OH is 1. The van der Waals surface area contributed by atoms with Crippen molar-refractivity contribution in [1.29, 1.82) is 0 Å². The van der Waals surface area contributed by atoms with Crippen LogP contribution in [0.1, 0.15) is 22.6 Å². The van der Waals surface area contributed by atoms with E-state index in [9.17, 15) is 18.7 Å². The van der Waals surface area contributed by atoms with Crippen LogP contribution in [0, 0.1) is 0 Å². The third-order valence-corrected chi connectivity index (χ3v) is 5.55. The van der Waals surface area contributed by atoms with E-state index in [1.54, 1.807) is 30.5 Å². The number of amides is 1. The minimum Gasteiger partial charge on any atom is -0.420 e. The van der Waals surface area contributed by atoms with Crippen molar-refractivity contribution in [1.82, 2.24) is 19.7 Å². The fourth-order valence-electron chi connectivity index (χ4n) is 4.02. The second-order valence-electron chi connectivity index (χ2n) is 7.86. The average molecular weight is 486 g/mol. The van der Waals surface area contributed by atoms with Gasteiger partial charge >= 0.3 is 5.57 Å². The zero-order valence-corrected chi connectivity index (χ0v) is 18.3. The second-order valence-corrected chi connectivity index (χ2v) is 8.30. The van der Waals surface area contributed by atoms with Crippen molar-refractivity contribution >= 4 is 34.2 Å². The molecule has 1 amide bonds. The molecule has 4 aromatic rings. The van der Waals surface area contributed by atoms with Gasteiger partial charge in [0.25, 0.3) is 5.91 Å². The van der Waals surface area contributed by atoms with Gasteiger partial charge in [0.2, 0.25) is 0 Å². The lowest BCUT2D eigenvalue weighted by atomic mass is 10.0. The van der Waals surface area contributed by atoms with Gasteiger partial charge in [-0.05, 0) is 55.0 Å². The average Bonchev–Trinajstić information content (AvgIpc) is 3.17. The van der Waals surface area contributed by atoms with Gasteiger partial charge in [-0.25, -0.2) is 4.98 Å². The molecule has 2 N–H and O–H groups in total. The molecule has 3 heterocycles. The van der Waals surface area contributed by atoms with Crippen molar-refractivity contribution in [2.75, 3.05) is 5.32 Å². The molecule has 0 unspecified atom stereocenters. The van der Waals surface area contributed by atoms with Crippen molar-refractivity contribution in [3.8, 4) is 17.0 Å². The van der Waals surface area contributed by atoms with Crippen LogP contribution >= 0.6 is 11.6 Å². The van der Waals surface area contributed by atoms with E-state index in [2.05, 4.69) is 20.3 Å². The number of hydrogen-bond donors (Lipinski definition) is 2. The lowest BCUT2D eigenvalue weighted by molar-refractivity contribution is -0.0964. The van der Waals surface area contributed by atoms with Gasteiger partial charge in [0.1, 0.15) is 11.6 Å². The van der Waals surface area contributed by atoms with Gasteiger partial charge in [0.05, 0.1) is 29.4 Å². The van der Waals surface area contributed by atoms with Gasteiger partial charge in [-0.2, -0.15) is 10.2 Å². The van der Waals surface area contributed by atoms with Crippen molar-refractivity contribution in [3.63, 3.8) is 0 Å². The maximum Gasteiger partial charge on any atom is 0.487 e. The second kappa shape index (κ2) is 8.62.